The molecule has 0 spiro atoms. The van der Waals surface area contributed by atoms with Crippen molar-refractivity contribution in [2.75, 3.05) is 13.2 Å². The van der Waals surface area contributed by atoms with Crippen LogP contribution in [0.1, 0.15) is 22.8 Å². The van der Waals surface area contributed by atoms with E-state index >= 15 is 0 Å². The van der Waals surface area contributed by atoms with Gasteiger partial charge in [-0.3, -0.25) is 19.3 Å². The fraction of sp³-hybridized carbons (Fsp3) is 0.143. The molecular formula is C21H16Cl2N2O6S. The van der Waals surface area contributed by atoms with E-state index in [2.05, 4.69) is 0 Å². The predicted molar refractivity (Wildman–Crippen MR) is 121 cm³/mol. The van der Waals surface area contributed by atoms with Crippen molar-refractivity contribution in [2.45, 2.75) is 6.92 Å². The second-order valence-electron chi connectivity index (χ2n) is 6.37. The van der Waals surface area contributed by atoms with Gasteiger partial charge in [-0.1, -0.05) is 35.3 Å². The lowest BCUT2D eigenvalue weighted by Gasteiger charge is -2.14. The van der Waals surface area contributed by atoms with Crippen molar-refractivity contribution in [3.05, 3.63) is 62.5 Å². The minimum absolute atomic E-state index is 0.0163. The number of rotatable bonds is 7. The Morgan fingerprint density at radius 3 is 2.53 bits per heavy atom. The van der Waals surface area contributed by atoms with Gasteiger partial charge >= 0.3 is 5.97 Å². The topological polar surface area (TPSA) is 116 Å². The predicted octanol–water partition coefficient (Wildman–Crippen LogP) is 4.13. The highest BCUT2D eigenvalue weighted by Gasteiger charge is 2.36. The number of hydrogen-bond acceptors (Lipinski definition) is 7. The average molecular weight is 495 g/mol. The molecule has 1 heterocycles. The van der Waals surface area contributed by atoms with Gasteiger partial charge in [0.15, 0.2) is 11.5 Å². The van der Waals surface area contributed by atoms with Crippen molar-refractivity contribution in [3.63, 3.8) is 0 Å². The van der Waals surface area contributed by atoms with Crippen LogP contribution in [0.3, 0.4) is 0 Å². The van der Waals surface area contributed by atoms with E-state index in [1.807, 2.05) is 0 Å². The fourth-order valence-corrected chi connectivity index (χ4v) is 4.06. The molecule has 0 saturated carbocycles. The second kappa shape index (κ2) is 10.1. The first-order valence-corrected chi connectivity index (χ1v) is 10.7. The SMILES string of the molecule is CCOc1cc(/C=C2\SC(=O)N(CC(N)=O)C2=O)cc(Cl)c1OC(=O)c1ccccc1Cl. The number of nitrogens with zero attached hydrogens (tertiary/aromatic N) is 1. The third kappa shape index (κ3) is 5.24. The summed E-state index contributed by atoms with van der Waals surface area (Å²) in [5.74, 6) is -2.04. The number of thioether (sulfide) groups is 1. The van der Waals surface area contributed by atoms with Crippen LogP contribution in [0, 0.1) is 0 Å². The Kier molecular flexibility index (Phi) is 7.44. The largest absolute Gasteiger partial charge is 0.490 e. The van der Waals surface area contributed by atoms with Gasteiger partial charge in [-0.05, 0) is 54.6 Å². The van der Waals surface area contributed by atoms with Crippen LogP contribution >= 0.6 is 35.0 Å². The quantitative estimate of drug-likeness (QED) is 0.349. The molecule has 0 atom stereocenters. The standard InChI is InChI=1S/C21H16Cl2N2O6S/c1-2-30-15-8-11(9-16-19(27)25(10-17(24)26)21(29)32-16)7-14(23)18(15)31-20(28)12-5-3-4-6-13(12)22/h3-9H,2,10H2,1H3,(H2,24,26)/b16-9-. The number of imide groups is 1. The molecule has 166 valence electrons. The molecule has 0 radical (unpaired) electrons. The summed E-state index contributed by atoms with van der Waals surface area (Å²) in [6, 6.07) is 9.33. The number of primary amides is 1. The maximum absolute atomic E-state index is 12.5. The maximum atomic E-state index is 12.5. The van der Waals surface area contributed by atoms with Crippen LogP contribution in [-0.4, -0.2) is 41.1 Å². The Morgan fingerprint density at radius 1 is 1.16 bits per heavy atom. The smallest absolute Gasteiger partial charge is 0.345 e. The lowest BCUT2D eigenvalue weighted by Crippen LogP contribution is -2.36. The van der Waals surface area contributed by atoms with Gasteiger partial charge in [-0.15, -0.1) is 0 Å². The molecule has 1 saturated heterocycles. The normalized spacial score (nSPS) is 14.7. The lowest BCUT2D eigenvalue weighted by molar-refractivity contribution is -0.127. The highest BCUT2D eigenvalue weighted by molar-refractivity contribution is 8.18. The van der Waals surface area contributed by atoms with Crippen LogP contribution in [0.4, 0.5) is 4.79 Å². The van der Waals surface area contributed by atoms with Gasteiger partial charge in [-0.2, -0.15) is 0 Å². The number of ether oxygens (including phenoxy) is 2. The van der Waals surface area contributed by atoms with Gasteiger partial charge in [0.25, 0.3) is 11.1 Å². The first kappa shape index (κ1) is 23.6. The van der Waals surface area contributed by atoms with E-state index in [4.69, 9.17) is 38.4 Å². The molecule has 2 aromatic rings. The zero-order valence-electron chi connectivity index (χ0n) is 16.6. The van der Waals surface area contributed by atoms with E-state index in [1.165, 1.54) is 24.3 Å². The number of carbonyl (C=O) groups excluding carboxylic acids is 4. The highest BCUT2D eigenvalue weighted by Crippen LogP contribution is 2.39. The number of hydrogen-bond donors (Lipinski definition) is 1. The monoisotopic (exact) mass is 494 g/mol. The lowest BCUT2D eigenvalue weighted by atomic mass is 10.1. The molecule has 8 nitrogen and oxygen atoms in total. The molecule has 1 fully saturated rings. The van der Waals surface area contributed by atoms with E-state index in [-0.39, 0.29) is 38.6 Å². The van der Waals surface area contributed by atoms with Gasteiger partial charge in [0.1, 0.15) is 6.54 Å². The van der Waals surface area contributed by atoms with Crippen molar-refractivity contribution in [2.24, 2.45) is 5.73 Å². The molecule has 1 aliphatic rings. The minimum atomic E-state index is -0.806. The minimum Gasteiger partial charge on any atom is -0.490 e. The van der Waals surface area contributed by atoms with Crippen molar-refractivity contribution in [1.29, 1.82) is 0 Å². The van der Waals surface area contributed by atoms with E-state index < -0.39 is 29.6 Å². The van der Waals surface area contributed by atoms with E-state index in [9.17, 15) is 19.2 Å². The van der Waals surface area contributed by atoms with Gasteiger partial charge < -0.3 is 15.2 Å². The summed E-state index contributed by atoms with van der Waals surface area (Å²) < 4.78 is 11.0. The summed E-state index contributed by atoms with van der Waals surface area (Å²) >= 11 is 13.1. The summed E-state index contributed by atoms with van der Waals surface area (Å²) in [4.78, 5) is 48.9. The third-order valence-electron chi connectivity index (χ3n) is 4.11. The van der Waals surface area contributed by atoms with E-state index in [0.29, 0.717) is 17.3 Å². The molecule has 0 unspecified atom stereocenters. The summed E-state index contributed by atoms with van der Waals surface area (Å²) in [6.45, 7) is 1.46. The van der Waals surface area contributed by atoms with Crippen molar-refractivity contribution >= 4 is 64.1 Å². The summed E-state index contributed by atoms with van der Waals surface area (Å²) in [5.41, 5.74) is 5.65. The highest BCUT2D eigenvalue weighted by atomic mass is 35.5. The summed E-state index contributed by atoms with van der Waals surface area (Å²) in [7, 11) is 0. The van der Waals surface area contributed by atoms with Crippen LogP contribution < -0.4 is 15.2 Å². The Hall–Kier alpha value is -3.01. The van der Waals surface area contributed by atoms with Gasteiger partial charge in [0, 0.05) is 0 Å². The molecule has 3 amide bonds. The zero-order valence-corrected chi connectivity index (χ0v) is 18.9. The molecule has 3 rings (SSSR count). The van der Waals surface area contributed by atoms with E-state index in [0.717, 1.165) is 4.90 Å². The molecule has 0 aliphatic carbocycles. The zero-order chi connectivity index (χ0) is 23.4. The number of nitrogens with two attached hydrogens (primary N) is 1. The molecule has 2 N–H and O–H groups in total. The molecule has 1 aliphatic heterocycles. The summed E-state index contributed by atoms with van der Waals surface area (Å²) in [5, 5.41) is -0.352. The average Bonchev–Trinajstić information content (AvgIpc) is 2.98. The number of benzene rings is 2. The number of esters is 1. The Morgan fingerprint density at radius 2 is 1.88 bits per heavy atom. The van der Waals surface area contributed by atoms with Crippen LogP contribution in [0.5, 0.6) is 11.5 Å². The van der Waals surface area contributed by atoms with Crippen molar-refractivity contribution < 1.29 is 28.7 Å². The van der Waals surface area contributed by atoms with Gasteiger partial charge in [0.05, 0.1) is 27.1 Å². The molecule has 0 bridgehead atoms. The number of amides is 3. The molecule has 0 aromatic heterocycles. The molecule has 2 aromatic carbocycles. The van der Waals surface area contributed by atoms with Crippen LogP contribution in [0.15, 0.2) is 41.3 Å². The van der Waals surface area contributed by atoms with Crippen LogP contribution in [-0.2, 0) is 9.59 Å². The Labute approximate surface area is 197 Å². The molecule has 11 heteroatoms. The van der Waals surface area contributed by atoms with Gasteiger partial charge in [-0.25, -0.2) is 4.79 Å². The van der Waals surface area contributed by atoms with Crippen molar-refractivity contribution in [1.82, 2.24) is 4.90 Å². The number of carbonyl (C=O) groups is 4. The van der Waals surface area contributed by atoms with Gasteiger partial charge in [0.2, 0.25) is 5.91 Å². The fourth-order valence-electron chi connectivity index (χ4n) is 2.75. The Bertz CT molecular complexity index is 1150. The van der Waals surface area contributed by atoms with E-state index in [1.54, 1.807) is 25.1 Å². The van der Waals surface area contributed by atoms with Crippen LogP contribution in [0.2, 0.25) is 10.0 Å². The molecule has 32 heavy (non-hydrogen) atoms. The Balaban J connectivity index is 1.92. The molecular weight excluding hydrogens is 479 g/mol. The number of halogens is 2. The first-order valence-electron chi connectivity index (χ1n) is 9.18. The van der Waals surface area contributed by atoms with Crippen molar-refractivity contribution in [3.8, 4) is 11.5 Å². The second-order valence-corrected chi connectivity index (χ2v) is 8.17. The first-order chi connectivity index (χ1) is 15.2. The third-order valence-corrected chi connectivity index (χ3v) is 5.62. The summed E-state index contributed by atoms with van der Waals surface area (Å²) in [6.07, 6.45) is 1.42. The van der Waals surface area contributed by atoms with Crippen LogP contribution in [0.25, 0.3) is 6.08 Å². The maximum Gasteiger partial charge on any atom is 0.345 e.